The number of carbonyl (C=O) groups is 1. The Balaban J connectivity index is 3.25. The van der Waals surface area contributed by atoms with Crippen molar-refractivity contribution in [2.45, 2.75) is 19.8 Å². The van der Waals surface area contributed by atoms with E-state index < -0.39 is 0 Å². The van der Waals surface area contributed by atoms with Gasteiger partial charge in [-0.2, -0.15) is 5.10 Å². The highest BCUT2D eigenvalue weighted by Crippen LogP contribution is 1.73. The Labute approximate surface area is 60.5 Å². The van der Waals surface area contributed by atoms with Crippen molar-refractivity contribution < 1.29 is 4.79 Å². The lowest BCUT2D eigenvalue weighted by Crippen LogP contribution is -2.15. The first kappa shape index (κ1) is 9.10. The summed E-state index contributed by atoms with van der Waals surface area (Å²) in [5, 5.41) is 3.63. The lowest BCUT2D eigenvalue weighted by molar-refractivity contribution is -0.120. The fourth-order valence-electron chi connectivity index (χ4n) is 0.336. The number of carbonyl (C=O) groups excluding carboxylic acids is 1. The molecule has 0 aliphatic heterocycles. The van der Waals surface area contributed by atoms with E-state index in [1.54, 1.807) is 13.1 Å². The maximum absolute atomic E-state index is 10.5. The number of nitrogens with two attached hydrogens (primary N) is 1. The van der Waals surface area contributed by atoms with Crippen LogP contribution in [0.3, 0.4) is 0 Å². The summed E-state index contributed by atoms with van der Waals surface area (Å²) in [5.74, 6) is -0.0757. The minimum atomic E-state index is -0.0757. The van der Waals surface area contributed by atoms with Crippen LogP contribution in [0.4, 0.5) is 0 Å². The van der Waals surface area contributed by atoms with Crippen molar-refractivity contribution in [3.05, 3.63) is 0 Å². The molecule has 0 saturated carbocycles. The predicted octanol–water partition coefficient (Wildman–Crippen LogP) is -0.153. The van der Waals surface area contributed by atoms with Gasteiger partial charge in [-0.05, 0) is 13.0 Å². The molecule has 0 atom stereocenters. The zero-order valence-corrected chi connectivity index (χ0v) is 6.13. The molecule has 58 valence electrons. The van der Waals surface area contributed by atoms with Crippen LogP contribution in [-0.4, -0.2) is 18.7 Å². The highest BCUT2D eigenvalue weighted by atomic mass is 16.2. The quantitative estimate of drug-likeness (QED) is 0.424. The van der Waals surface area contributed by atoms with Crippen LogP contribution < -0.4 is 11.2 Å². The molecule has 0 heterocycles. The Hall–Kier alpha value is -0.900. The van der Waals surface area contributed by atoms with Crippen LogP contribution in [0, 0.1) is 0 Å². The smallest absolute Gasteiger partial charge is 0.239 e. The third-order valence-corrected chi connectivity index (χ3v) is 0.897. The van der Waals surface area contributed by atoms with Gasteiger partial charge in [-0.1, -0.05) is 6.92 Å². The molecular formula is C6H13N3O. The average Bonchev–Trinajstić information content (AvgIpc) is 1.98. The molecule has 0 fully saturated rings. The zero-order valence-electron chi connectivity index (χ0n) is 6.13. The lowest BCUT2D eigenvalue weighted by atomic mass is 10.5. The minimum absolute atomic E-state index is 0.0757. The number of nitrogens with zero attached hydrogens (tertiary/aromatic N) is 1. The summed E-state index contributed by atoms with van der Waals surface area (Å²) in [7, 11) is 0. The summed E-state index contributed by atoms with van der Waals surface area (Å²) < 4.78 is 0. The van der Waals surface area contributed by atoms with Gasteiger partial charge in [0.05, 0.1) is 0 Å². The van der Waals surface area contributed by atoms with Gasteiger partial charge >= 0.3 is 0 Å². The second-order valence-corrected chi connectivity index (χ2v) is 1.78. The summed E-state index contributed by atoms with van der Waals surface area (Å²) in [6.07, 6.45) is 2.75. The first-order chi connectivity index (χ1) is 4.81. The van der Waals surface area contributed by atoms with Gasteiger partial charge in [-0.25, -0.2) is 5.43 Å². The van der Waals surface area contributed by atoms with Crippen LogP contribution in [0.5, 0.6) is 0 Å². The van der Waals surface area contributed by atoms with E-state index in [0.717, 1.165) is 0 Å². The molecule has 4 heteroatoms. The number of hydrogen-bond acceptors (Lipinski definition) is 3. The topological polar surface area (TPSA) is 67.5 Å². The van der Waals surface area contributed by atoms with Gasteiger partial charge in [0.1, 0.15) is 0 Å². The molecule has 3 N–H and O–H groups in total. The molecular weight excluding hydrogens is 130 g/mol. The fraction of sp³-hybridized carbons (Fsp3) is 0.667. The van der Waals surface area contributed by atoms with Crippen LogP contribution in [0.15, 0.2) is 5.10 Å². The summed E-state index contributed by atoms with van der Waals surface area (Å²) in [6.45, 7) is 2.33. The van der Waals surface area contributed by atoms with E-state index in [1.807, 2.05) is 0 Å². The molecule has 0 aliphatic rings. The van der Waals surface area contributed by atoms with Gasteiger partial charge in [0.25, 0.3) is 0 Å². The largest absolute Gasteiger partial charge is 0.330 e. The Kier molecular flexibility index (Phi) is 5.66. The molecule has 1 amide bonds. The molecule has 10 heavy (non-hydrogen) atoms. The van der Waals surface area contributed by atoms with Gasteiger partial charge in [-0.15, -0.1) is 0 Å². The first-order valence-corrected chi connectivity index (χ1v) is 3.31. The Morgan fingerprint density at radius 1 is 1.80 bits per heavy atom. The molecule has 0 aromatic rings. The number of nitrogens with one attached hydrogen (secondary N) is 1. The summed E-state index contributed by atoms with van der Waals surface area (Å²) in [4.78, 5) is 10.5. The maximum atomic E-state index is 10.5. The predicted molar refractivity (Wildman–Crippen MR) is 40.6 cm³/mol. The van der Waals surface area contributed by atoms with E-state index in [-0.39, 0.29) is 5.91 Å². The van der Waals surface area contributed by atoms with Crippen LogP contribution >= 0.6 is 0 Å². The summed E-state index contributed by atoms with van der Waals surface area (Å²) >= 11 is 0. The highest BCUT2D eigenvalue weighted by Gasteiger charge is 1.89. The standard InChI is InChI=1S/C6H13N3O/c1-2-6(10)9-8-5-3-4-7/h5H,2-4,7H2,1H3,(H,9,10)/b8-5+. The average molecular weight is 143 g/mol. The molecule has 0 spiro atoms. The third kappa shape index (κ3) is 5.24. The van der Waals surface area contributed by atoms with Crippen molar-refractivity contribution in [2.75, 3.05) is 6.54 Å². The van der Waals surface area contributed by atoms with Crippen LogP contribution in [0.25, 0.3) is 0 Å². The maximum Gasteiger partial charge on any atom is 0.239 e. The number of hydrazone groups is 1. The molecule has 0 aliphatic carbocycles. The minimum Gasteiger partial charge on any atom is -0.330 e. The first-order valence-electron chi connectivity index (χ1n) is 3.31. The van der Waals surface area contributed by atoms with Crippen molar-refractivity contribution in [1.82, 2.24) is 5.43 Å². The third-order valence-electron chi connectivity index (χ3n) is 0.897. The van der Waals surface area contributed by atoms with E-state index >= 15 is 0 Å². The van der Waals surface area contributed by atoms with E-state index in [2.05, 4.69) is 10.5 Å². The van der Waals surface area contributed by atoms with Gasteiger partial charge in [0.15, 0.2) is 0 Å². The van der Waals surface area contributed by atoms with Gasteiger partial charge in [0.2, 0.25) is 5.91 Å². The summed E-state index contributed by atoms with van der Waals surface area (Å²) in [6, 6.07) is 0. The highest BCUT2D eigenvalue weighted by molar-refractivity contribution is 5.76. The van der Waals surface area contributed by atoms with E-state index in [1.165, 1.54) is 0 Å². The van der Waals surface area contributed by atoms with Crippen LogP contribution in [0.2, 0.25) is 0 Å². The van der Waals surface area contributed by atoms with Gasteiger partial charge < -0.3 is 5.73 Å². The summed E-state index contributed by atoms with van der Waals surface area (Å²) in [5.41, 5.74) is 7.52. The van der Waals surface area contributed by atoms with Crippen LogP contribution in [-0.2, 0) is 4.79 Å². The molecule has 0 rings (SSSR count). The molecule has 0 unspecified atom stereocenters. The molecule has 0 radical (unpaired) electrons. The van der Waals surface area contributed by atoms with E-state index in [4.69, 9.17) is 5.73 Å². The molecule has 4 nitrogen and oxygen atoms in total. The Morgan fingerprint density at radius 3 is 3.00 bits per heavy atom. The molecule has 0 aromatic heterocycles. The van der Waals surface area contributed by atoms with Crippen LogP contribution in [0.1, 0.15) is 19.8 Å². The van der Waals surface area contributed by atoms with Crippen molar-refractivity contribution in [3.8, 4) is 0 Å². The van der Waals surface area contributed by atoms with Crippen molar-refractivity contribution in [2.24, 2.45) is 10.8 Å². The van der Waals surface area contributed by atoms with Gasteiger partial charge in [-0.3, -0.25) is 4.79 Å². The van der Waals surface area contributed by atoms with Crippen molar-refractivity contribution >= 4 is 12.1 Å². The van der Waals surface area contributed by atoms with E-state index in [9.17, 15) is 4.79 Å². The SMILES string of the molecule is CCC(=O)N/N=C/CCN. The number of rotatable bonds is 4. The molecule has 0 bridgehead atoms. The zero-order chi connectivity index (χ0) is 7.82. The second kappa shape index (κ2) is 6.22. The molecule has 0 aromatic carbocycles. The fourth-order valence-corrected chi connectivity index (χ4v) is 0.336. The number of amides is 1. The van der Waals surface area contributed by atoms with Gasteiger partial charge in [0, 0.05) is 12.6 Å². The molecule has 0 saturated heterocycles. The van der Waals surface area contributed by atoms with Crippen molar-refractivity contribution in [3.63, 3.8) is 0 Å². The Morgan fingerprint density at radius 2 is 2.50 bits per heavy atom. The monoisotopic (exact) mass is 143 g/mol. The van der Waals surface area contributed by atoms with E-state index in [0.29, 0.717) is 19.4 Å². The lowest BCUT2D eigenvalue weighted by Gasteiger charge is -1.92. The Bertz CT molecular complexity index is 122. The number of hydrogen-bond donors (Lipinski definition) is 2. The van der Waals surface area contributed by atoms with Crippen molar-refractivity contribution in [1.29, 1.82) is 0 Å². The second-order valence-electron chi connectivity index (χ2n) is 1.78. The normalized spacial score (nSPS) is 10.2.